The standard InChI is InChI=1S/C20H12ClN3O4S/c21-14-5-3-7-17-19(14)23-20(29-17)22-18(25)11-9-12-8-10-16(28-12)13-4-1-2-6-15(13)24(26)27/h1-11H,(H,22,23,25). The van der Waals surface area contributed by atoms with Gasteiger partial charge in [-0.05, 0) is 36.4 Å². The molecule has 0 fully saturated rings. The van der Waals surface area contributed by atoms with Crippen molar-refractivity contribution in [3.05, 3.63) is 81.6 Å². The molecule has 4 rings (SSSR count). The summed E-state index contributed by atoms with van der Waals surface area (Å²) in [7, 11) is 0. The number of fused-ring (bicyclic) bond motifs is 1. The maximum Gasteiger partial charge on any atom is 0.280 e. The maximum atomic E-state index is 12.2. The minimum Gasteiger partial charge on any atom is -0.456 e. The van der Waals surface area contributed by atoms with Gasteiger partial charge in [0.15, 0.2) is 5.13 Å². The highest BCUT2D eigenvalue weighted by atomic mass is 35.5. The molecule has 0 spiro atoms. The Morgan fingerprint density at radius 2 is 2.00 bits per heavy atom. The lowest BCUT2D eigenvalue weighted by atomic mass is 10.1. The van der Waals surface area contributed by atoms with Crippen LogP contribution in [0.4, 0.5) is 10.8 Å². The van der Waals surface area contributed by atoms with Gasteiger partial charge in [-0.25, -0.2) is 4.98 Å². The van der Waals surface area contributed by atoms with Gasteiger partial charge in [0, 0.05) is 12.1 Å². The van der Waals surface area contributed by atoms with Crippen molar-refractivity contribution < 1.29 is 14.1 Å². The van der Waals surface area contributed by atoms with E-state index in [4.69, 9.17) is 16.0 Å². The monoisotopic (exact) mass is 425 g/mol. The quantitative estimate of drug-likeness (QED) is 0.248. The third-order valence-electron chi connectivity index (χ3n) is 3.99. The molecular weight excluding hydrogens is 414 g/mol. The first kappa shape index (κ1) is 18.9. The molecule has 29 heavy (non-hydrogen) atoms. The third kappa shape index (κ3) is 4.03. The number of hydrogen-bond donors (Lipinski definition) is 1. The van der Waals surface area contributed by atoms with Gasteiger partial charge < -0.3 is 4.42 Å². The minimum atomic E-state index is -0.467. The van der Waals surface area contributed by atoms with Gasteiger partial charge in [-0.3, -0.25) is 20.2 Å². The van der Waals surface area contributed by atoms with Crippen LogP contribution in [-0.4, -0.2) is 15.8 Å². The summed E-state index contributed by atoms with van der Waals surface area (Å²) in [4.78, 5) is 27.2. The summed E-state index contributed by atoms with van der Waals surface area (Å²) >= 11 is 7.41. The number of nitrogens with one attached hydrogen (secondary N) is 1. The Hall–Kier alpha value is -3.49. The van der Waals surface area contributed by atoms with Crippen molar-refractivity contribution in [1.82, 2.24) is 4.98 Å². The van der Waals surface area contributed by atoms with Gasteiger partial charge in [-0.1, -0.05) is 41.1 Å². The SMILES string of the molecule is O=C(C=Cc1ccc(-c2ccccc2[N+](=O)[O-])o1)Nc1nc2c(Cl)cccc2s1. The van der Waals surface area contributed by atoms with Gasteiger partial charge in [0.25, 0.3) is 5.69 Å². The van der Waals surface area contributed by atoms with Crippen LogP contribution in [0.2, 0.25) is 5.02 Å². The third-order valence-corrected chi connectivity index (χ3v) is 5.23. The molecule has 4 aromatic rings. The number of hydrogen-bond acceptors (Lipinski definition) is 6. The molecule has 9 heteroatoms. The number of nitro benzene ring substituents is 1. The molecule has 1 amide bonds. The van der Waals surface area contributed by atoms with Crippen LogP contribution >= 0.6 is 22.9 Å². The topological polar surface area (TPSA) is 98.3 Å². The molecule has 0 atom stereocenters. The zero-order valence-corrected chi connectivity index (χ0v) is 16.2. The Labute approximate surface area is 173 Å². The van der Waals surface area contributed by atoms with Crippen LogP contribution in [0.5, 0.6) is 0 Å². The average Bonchev–Trinajstić information content (AvgIpc) is 3.34. The first-order chi connectivity index (χ1) is 14.0. The summed E-state index contributed by atoms with van der Waals surface area (Å²) in [6, 6.07) is 15.0. The van der Waals surface area contributed by atoms with Gasteiger partial charge in [-0.15, -0.1) is 0 Å². The zero-order chi connectivity index (χ0) is 20.4. The molecule has 0 bridgehead atoms. The van der Waals surface area contributed by atoms with Gasteiger partial charge in [0.05, 0.1) is 20.2 Å². The van der Waals surface area contributed by atoms with Crippen LogP contribution in [0, 0.1) is 10.1 Å². The van der Waals surface area contributed by atoms with Crippen molar-refractivity contribution in [3.8, 4) is 11.3 Å². The molecule has 2 heterocycles. The fourth-order valence-electron chi connectivity index (χ4n) is 2.70. The smallest absolute Gasteiger partial charge is 0.280 e. The van der Waals surface area contributed by atoms with Crippen molar-refractivity contribution in [2.75, 3.05) is 5.32 Å². The highest BCUT2D eigenvalue weighted by Crippen LogP contribution is 2.32. The summed E-state index contributed by atoms with van der Waals surface area (Å²) in [5.74, 6) is 0.350. The minimum absolute atomic E-state index is 0.0513. The first-order valence-electron chi connectivity index (χ1n) is 8.39. The number of aromatic nitrogens is 1. The number of furan rings is 1. The highest BCUT2D eigenvalue weighted by molar-refractivity contribution is 7.22. The summed E-state index contributed by atoms with van der Waals surface area (Å²) in [5, 5.41) is 14.8. The lowest BCUT2D eigenvalue weighted by molar-refractivity contribution is -0.384. The predicted octanol–water partition coefficient (Wildman–Crippen LogP) is 5.77. The van der Waals surface area contributed by atoms with Crippen LogP contribution < -0.4 is 5.32 Å². The molecule has 0 radical (unpaired) electrons. The lowest BCUT2D eigenvalue weighted by Gasteiger charge is -1.98. The largest absolute Gasteiger partial charge is 0.456 e. The van der Waals surface area contributed by atoms with Gasteiger partial charge in [0.1, 0.15) is 17.0 Å². The zero-order valence-electron chi connectivity index (χ0n) is 14.7. The van der Waals surface area contributed by atoms with E-state index >= 15 is 0 Å². The van der Waals surface area contributed by atoms with E-state index < -0.39 is 4.92 Å². The molecule has 0 saturated carbocycles. The maximum absolute atomic E-state index is 12.2. The number of para-hydroxylation sites is 2. The summed E-state index contributed by atoms with van der Waals surface area (Å²) in [6.07, 6.45) is 2.78. The van der Waals surface area contributed by atoms with E-state index in [1.807, 2.05) is 12.1 Å². The number of thiazole rings is 1. The second kappa shape index (κ2) is 7.86. The fourth-order valence-corrected chi connectivity index (χ4v) is 3.87. The van der Waals surface area contributed by atoms with Gasteiger partial charge in [-0.2, -0.15) is 0 Å². The molecule has 0 saturated heterocycles. The number of benzene rings is 2. The molecule has 0 aliphatic heterocycles. The number of carbonyl (C=O) groups excluding carboxylic acids is 1. The molecule has 0 aliphatic rings. The molecule has 7 nitrogen and oxygen atoms in total. The molecule has 144 valence electrons. The first-order valence-corrected chi connectivity index (χ1v) is 9.58. The predicted molar refractivity (Wildman–Crippen MR) is 113 cm³/mol. The Bertz CT molecular complexity index is 1260. The van der Waals surface area contributed by atoms with E-state index in [-0.39, 0.29) is 11.6 Å². The summed E-state index contributed by atoms with van der Waals surface area (Å²) in [6.45, 7) is 0. The number of anilines is 1. The van der Waals surface area contributed by atoms with E-state index in [1.165, 1.54) is 29.6 Å². The van der Waals surface area contributed by atoms with E-state index in [2.05, 4.69) is 10.3 Å². The second-order valence-electron chi connectivity index (χ2n) is 5.90. The van der Waals surface area contributed by atoms with Crippen LogP contribution in [0.25, 0.3) is 27.6 Å². The van der Waals surface area contributed by atoms with Gasteiger partial charge >= 0.3 is 0 Å². The average molecular weight is 426 g/mol. The Morgan fingerprint density at radius 1 is 1.17 bits per heavy atom. The number of halogens is 1. The number of nitro groups is 1. The van der Waals surface area contributed by atoms with Crippen molar-refractivity contribution in [3.63, 3.8) is 0 Å². The Morgan fingerprint density at radius 3 is 2.79 bits per heavy atom. The number of amides is 1. The Kier molecular flexibility index (Phi) is 5.11. The second-order valence-corrected chi connectivity index (χ2v) is 7.34. The molecule has 0 aliphatic carbocycles. The van der Waals surface area contributed by atoms with E-state index in [1.54, 1.807) is 36.4 Å². The molecular formula is C20H12ClN3O4S. The van der Waals surface area contributed by atoms with Crippen LogP contribution in [0.1, 0.15) is 5.76 Å². The van der Waals surface area contributed by atoms with Crippen LogP contribution in [0.15, 0.2) is 65.1 Å². The normalized spacial score (nSPS) is 11.2. The van der Waals surface area contributed by atoms with Gasteiger partial charge in [0.2, 0.25) is 5.91 Å². The summed E-state index contributed by atoms with van der Waals surface area (Å²) in [5.41, 5.74) is 0.955. The van der Waals surface area contributed by atoms with E-state index in [9.17, 15) is 14.9 Å². The molecule has 2 aromatic heterocycles. The number of rotatable bonds is 5. The van der Waals surface area contributed by atoms with E-state index in [0.29, 0.717) is 32.8 Å². The van der Waals surface area contributed by atoms with Crippen molar-refractivity contribution in [2.24, 2.45) is 0 Å². The van der Waals surface area contributed by atoms with Crippen LogP contribution in [-0.2, 0) is 4.79 Å². The highest BCUT2D eigenvalue weighted by Gasteiger charge is 2.16. The van der Waals surface area contributed by atoms with Crippen molar-refractivity contribution in [2.45, 2.75) is 0 Å². The summed E-state index contributed by atoms with van der Waals surface area (Å²) < 4.78 is 6.50. The number of nitrogens with zero attached hydrogens (tertiary/aromatic N) is 2. The van der Waals surface area contributed by atoms with E-state index in [0.717, 1.165) is 4.70 Å². The molecule has 0 unspecified atom stereocenters. The lowest BCUT2D eigenvalue weighted by Crippen LogP contribution is -2.07. The van der Waals surface area contributed by atoms with Crippen LogP contribution in [0.3, 0.4) is 0 Å². The van der Waals surface area contributed by atoms with Crippen molar-refractivity contribution in [1.29, 1.82) is 0 Å². The fraction of sp³-hybridized carbons (Fsp3) is 0. The van der Waals surface area contributed by atoms with Crippen molar-refractivity contribution >= 4 is 56.0 Å². The molecule has 1 N–H and O–H groups in total. The Balaban J connectivity index is 1.49. The number of carbonyl (C=O) groups is 1. The molecule has 2 aromatic carbocycles.